The highest BCUT2D eigenvalue weighted by Gasteiger charge is 2.40. The van der Waals surface area contributed by atoms with Gasteiger partial charge >= 0.3 is 6.18 Å². The van der Waals surface area contributed by atoms with Crippen molar-refractivity contribution < 1.29 is 22.8 Å². The third-order valence-electron chi connectivity index (χ3n) is 7.43. The number of aryl methyl sites for hydroxylation is 3. The number of halogens is 3. The fourth-order valence-electron chi connectivity index (χ4n) is 5.47. The first-order chi connectivity index (χ1) is 18.5. The van der Waals surface area contributed by atoms with E-state index in [0.29, 0.717) is 25.1 Å². The van der Waals surface area contributed by atoms with Gasteiger partial charge in [0, 0.05) is 55.7 Å². The summed E-state index contributed by atoms with van der Waals surface area (Å²) in [5.74, 6) is -1.01. The second-order valence-corrected chi connectivity index (χ2v) is 10.1. The monoisotopic (exact) mass is 538 g/mol. The van der Waals surface area contributed by atoms with Gasteiger partial charge in [0.15, 0.2) is 5.69 Å². The van der Waals surface area contributed by atoms with E-state index in [9.17, 15) is 22.8 Å². The summed E-state index contributed by atoms with van der Waals surface area (Å²) in [5, 5.41) is 6.49. The summed E-state index contributed by atoms with van der Waals surface area (Å²) in [7, 11) is 1.33. The number of rotatable bonds is 4. The number of fused-ring (bicyclic) bond motifs is 1. The highest BCUT2D eigenvalue weighted by atomic mass is 19.4. The van der Waals surface area contributed by atoms with Gasteiger partial charge in [-0.05, 0) is 44.4 Å². The fraction of sp³-hybridized carbons (Fsp3) is 0.357. The molecular formula is C28H29F3N6O2. The molecule has 39 heavy (non-hydrogen) atoms. The maximum Gasteiger partial charge on any atom is 0.435 e. The van der Waals surface area contributed by atoms with Crippen molar-refractivity contribution in [2.45, 2.75) is 45.3 Å². The SMILES string of the molecule is Cc1c(C(F)(F)F)nn(C)c1C(=O)N[C@@H]1CCN(C(=O)c2cc(C)c3ncc(C)n3c2)C[C@@H]1c1ccccc1. The highest BCUT2D eigenvalue weighted by Crippen LogP contribution is 2.33. The molecule has 4 aromatic rings. The predicted octanol–water partition coefficient (Wildman–Crippen LogP) is 4.44. The standard InChI is InChI=1S/C28H29F3N6O2/c1-16-12-20(14-37-17(2)13-32-25(16)37)27(39)36-11-10-22(21(15-36)19-8-6-5-7-9-19)33-26(38)23-18(3)24(28(29,30)31)34-35(23)4/h5-9,12-14,21-22H,10-11,15H2,1-4H3,(H,33,38)/t21-,22-/m1/s1. The molecule has 3 aromatic heterocycles. The minimum absolute atomic E-state index is 0.129. The van der Waals surface area contributed by atoms with Crippen LogP contribution < -0.4 is 5.32 Å². The molecule has 1 saturated heterocycles. The number of hydrogen-bond donors (Lipinski definition) is 1. The molecule has 0 radical (unpaired) electrons. The van der Waals surface area contributed by atoms with E-state index in [0.717, 1.165) is 27.1 Å². The Bertz CT molecular complexity index is 1560. The van der Waals surface area contributed by atoms with Gasteiger partial charge < -0.3 is 14.6 Å². The average molecular weight is 539 g/mol. The van der Waals surface area contributed by atoms with Crippen molar-refractivity contribution in [1.82, 2.24) is 29.4 Å². The summed E-state index contributed by atoms with van der Waals surface area (Å²) in [6.45, 7) is 5.81. The Morgan fingerprint density at radius 2 is 1.82 bits per heavy atom. The second kappa shape index (κ2) is 9.87. The third-order valence-corrected chi connectivity index (χ3v) is 7.43. The van der Waals surface area contributed by atoms with E-state index in [1.807, 2.05) is 54.6 Å². The Labute approximate surface area is 223 Å². The van der Waals surface area contributed by atoms with Gasteiger partial charge in [0.05, 0.1) is 5.56 Å². The highest BCUT2D eigenvalue weighted by molar-refractivity contribution is 5.95. The van der Waals surface area contributed by atoms with Gasteiger partial charge in [-0.15, -0.1) is 0 Å². The normalized spacial score (nSPS) is 18.0. The maximum atomic E-state index is 13.6. The van der Waals surface area contributed by atoms with E-state index in [4.69, 9.17) is 0 Å². The number of hydrogen-bond acceptors (Lipinski definition) is 4. The van der Waals surface area contributed by atoms with Crippen LogP contribution in [0.2, 0.25) is 0 Å². The van der Waals surface area contributed by atoms with E-state index >= 15 is 0 Å². The molecule has 204 valence electrons. The van der Waals surface area contributed by atoms with Crippen LogP contribution in [-0.4, -0.2) is 55.0 Å². The van der Waals surface area contributed by atoms with E-state index < -0.39 is 23.8 Å². The van der Waals surface area contributed by atoms with Crippen LogP contribution in [0.1, 0.15) is 61.3 Å². The molecule has 1 fully saturated rings. The molecule has 11 heteroatoms. The number of imidazole rings is 1. The molecule has 2 amide bonds. The minimum Gasteiger partial charge on any atom is -0.347 e. The molecule has 0 bridgehead atoms. The van der Waals surface area contributed by atoms with Crippen LogP contribution in [0.5, 0.6) is 0 Å². The number of carbonyl (C=O) groups excluding carboxylic acids is 2. The Morgan fingerprint density at radius 3 is 2.49 bits per heavy atom. The van der Waals surface area contributed by atoms with Crippen LogP contribution in [0.25, 0.3) is 5.65 Å². The number of amides is 2. The van der Waals surface area contributed by atoms with Crippen LogP contribution in [-0.2, 0) is 13.2 Å². The molecule has 2 atom stereocenters. The van der Waals surface area contributed by atoms with Gasteiger partial charge in [-0.2, -0.15) is 18.3 Å². The molecule has 0 spiro atoms. The van der Waals surface area contributed by atoms with E-state index in [2.05, 4.69) is 15.4 Å². The summed E-state index contributed by atoms with van der Waals surface area (Å²) in [5.41, 5.74) is 2.66. The minimum atomic E-state index is -4.66. The van der Waals surface area contributed by atoms with Crippen molar-refractivity contribution >= 4 is 17.5 Å². The zero-order valence-corrected chi connectivity index (χ0v) is 22.1. The molecule has 1 aromatic carbocycles. The summed E-state index contributed by atoms with van der Waals surface area (Å²) in [4.78, 5) is 33.0. The fourth-order valence-corrected chi connectivity index (χ4v) is 5.47. The van der Waals surface area contributed by atoms with Gasteiger partial charge in [0.25, 0.3) is 11.8 Å². The van der Waals surface area contributed by atoms with Gasteiger partial charge in [-0.1, -0.05) is 30.3 Å². The van der Waals surface area contributed by atoms with Gasteiger partial charge in [-0.3, -0.25) is 14.3 Å². The Hall–Kier alpha value is -4.15. The topological polar surface area (TPSA) is 84.5 Å². The van der Waals surface area contributed by atoms with Crippen molar-refractivity contribution in [2.75, 3.05) is 13.1 Å². The van der Waals surface area contributed by atoms with Gasteiger partial charge in [0.1, 0.15) is 11.3 Å². The predicted molar refractivity (Wildman–Crippen MR) is 139 cm³/mol. The number of piperidine rings is 1. The molecule has 0 saturated carbocycles. The van der Waals surface area contributed by atoms with Crippen LogP contribution >= 0.6 is 0 Å². The first-order valence-electron chi connectivity index (χ1n) is 12.7. The zero-order chi connectivity index (χ0) is 28.1. The van der Waals surface area contributed by atoms with Crippen molar-refractivity contribution in [1.29, 1.82) is 0 Å². The molecule has 5 rings (SSSR count). The Balaban J connectivity index is 1.42. The summed E-state index contributed by atoms with van der Waals surface area (Å²) >= 11 is 0. The van der Waals surface area contributed by atoms with Gasteiger partial charge in [0.2, 0.25) is 0 Å². The van der Waals surface area contributed by atoms with Crippen LogP contribution in [0.3, 0.4) is 0 Å². The Morgan fingerprint density at radius 1 is 1.10 bits per heavy atom. The average Bonchev–Trinajstić information content (AvgIpc) is 3.43. The van der Waals surface area contributed by atoms with Crippen LogP contribution in [0.4, 0.5) is 13.2 Å². The lowest BCUT2D eigenvalue weighted by Crippen LogP contribution is -2.51. The van der Waals surface area contributed by atoms with E-state index in [1.165, 1.54) is 14.0 Å². The molecule has 8 nitrogen and oxygen atoms in total. The van der Waals surface area contributed by atoms with Crippen LogP contribution in [0.15, 0.2) is 48.8 Å². The summed E-state index contributed by atoms with van der Waals surface area (Å²) < 4.78 is 43.0. The van der Waals surface area contributed by atoms with Crippen molar-refractivity contribution in [3.8, 4) is 0 Å². The first-order valence-corrected chi connectivity index (χ1v) is 12.7. The molecule has 0 aliphatic carbocycles. The number of carbonyl (C=O) groups is 2. The lowest BCUT2D eigenvalue weighted by atomic mass is 9.85. The number of benzene rings is 1. The number of alkyl halides is 3. The number of pyridine rings is 1. The van der Waals surface area contributed by atoms with Crippen LogP contribution in [0, 0.1) is 20.8 Å². The number of aromatic nitrogens is 4. The zero-order valence-electron chi connectivity index (χ0n) is 22.1. The van der Waals surface area contributed by atoms with E-state index in [-0.39, 0.29) is 23.1 Å². The van der Waals surface area contributed by atoms with Crippen molar-refractivity contribution in [3.63, 3.8) is 0 Å². The molecule has 0 unspecified atom stereocenters. The number of likely N-dealkylation sites (tertiary alicyclic amines) is 1. The molecule has 1 aliphatic rings. The van der Waals surface area contributed by atoms with Crippen molar-refractivity contribution in [2.24, 2.45) is 7.05 Å². The van der Waals surface area contributed by atoms with Gasteiger partial charge in [-0.25, -0.2) is 4.98 Å². The smallest absolute Gasteiger partial charge is 0.347 e. The first kappa shape index (κ1) is 26.5. The number of nitrogens with one attached hydrogen (secondary N) is 1. The Kier molecular flexibility index (Phi) is 6.69. The maximum absolute atomic E-state index is 13.6. The summed E-state index contributed by atoms with van der Waals surface area (Å²) in [6, 6.07) is 10.9. The van der Waals surface area contributed by atoms with E-state index in [1.54, 1.807) is 17.3 Å². The number of nitrogens with zero attached hydrogens (tertiary/aromatic N) is 5. The second-order valence-electron chi connectivity index (χ2n) is 10.1. The molecule has 1 N–H and O–H groups in total. The quantitative estimate of drug-likeness (QED) is 0.417. The van der Waals surface area contributed by atoms with Crippen molar-refractivity contribution in [3.05, 3.63) is 88.1 Å². The molecular weight excluding hydrogens is 509 g/mol. The lowest BCUT2D eigenvalue weighted by Gasteiger charge is -2.39. The molecule has 4 heterocycles. The molecule has 1 aliphatic heterocycles. The third kappa shape index (κ3) is 4.88. The largest absolute Gasteiger partial charge is 0.435 e. The summed E-state index contributed by atoms with van der Waals surface area (Å²) in [6.07, 6.45) is -0.666. The lowest BCUT2D eigenvalue weighted by molar-refractivity contribution is -0.141.